The molecule has 0 atom stereocenters. The van der Waals surface area contributed by atoms with Crippen LogP contribution in [-0.2, 0) is 6.54 Å². The minimum atomic E-state index is -1.02. The van der Waals surface area contributed by atoms with Gasteiger partial charge >= 0.3 is 5.97 Å². The van der Waals surface area contributed by atoms with E-state index in [2.05, 4.69) is 19.8 Å². The van der Waals surface area contributed by atoms with Gasteiger partial charge < -0.3 is 24.5 Å². The van der Waals surface area contributed by atoms with E-state index in [1.807, 2.05) is 93.0 Å². The highest BCUT2D eigenvalue weighted by Crippen LogP contribution is 2.33. The summed E-state index contributed by atoms with van der Waals surface area (Å²) in [6.45, 7) is 7.98. The highest BCUT2D eigenvalue weighted by molar-refractivity contribution is 6.30. The van der Waals surface area contributed by atoms with Crippen molar-refractivity contribution < 1.29 is 19.4 Å². The Bertz CT molecular complexity index is 1740. The Morgan fingerprint density at radius 1 is 1.00 bits per heavy atom. The minimum Gasteiger partial charge on any atom is -0.478 e. The first-order valence-corrected chi connectivity index (χ1v) is 14.7. The van der Waals surface area contributed by atoms with Crippen LogP contribution in [0.5, 0.6) is 17.4 Å². The fourth-order valence-electron chi connectivity index (χ4n) is 5.39. The number of H-pyrrole nitrogens is 1. The summed E-state index contributed by atoms with van der Waals surface area (Å²) < 4.78 is 12.0. The van der Waals surface area contributed by atoms with Crippen LogP contribution in [0.2, 0.25) is 5.02 Å². The van der Waals surface area contributed by atoms with Gasteiger partial charge in [-0.15, -0.1) is 0 Å². The maximum atomic E-state index is 12.0. The number of pyridine rings is 1. The van der Waals surface area contributed by atoms with E-state index in [4.69, 9.17) is 21.1 Å². The fourth-order valence-corrected chi connectivity index (χ4v) is 5.52. The van der Waals surface area contributed by atoms with Crippen molar-refractivity contribution in [1.82, 2.24) is 14.9 Å². The molecule has 43 heavy (non-hydrogen) atoms. The van der Waals surface area contributed by atoms with Crippen molar-refractivity contribution in [2.75, 3.05) is 31.1 Å². The number of aromatic nitrogens is 2. The average molecular weight is 597 g/mol. The van der Waals surface area contributed by atoms with Gasteiger partial charge in [0.15, 0.2) is 0 Å². The second-order valence-corrected chi connectivity index (χ2v) is 11.4. The Kier molecular flexibility index (Phi) is 8.22. The maximum absolute atomic E-state index is 12.0. The number of nitrogens with zero attached hydrogens (tertiary/aromatic N) is 3. The number of fused-ring (bicyclic) bond motifs is 1. The number of carboxylic acids is 1. The molecular formula is C34H33ClN4O4. The van der Waals surface area contributed by atoms with E-state index < -0.39 is 5.97 Å². The van der Waals surface area contributed by atoms with E-state index in [-0.39, 0.29) is 11.7 Å². The van der Waals surface area contributed by atoms with Crippen molar-refractivity contribution in [3.05, 3.63) is 101 Å². The number of benzene rings is 3. The van der Waals surface area contributed by atoms with E-state index in [0.29, 0.717) is 22.4 Å². The summed E-state index contributed by atoms with van der Waals surface area (Å²) in [6, 6.07) is 22.8. The summed E-state index contributed by atoms with van der Waals surface area (Å²) in [5.74, 6) is 0.490. The number of hydrogen-bond acceptors (Lipinski definition) is 6. The second-order valence-electron chi connectivity index (χ2n) is 10.9. The Labute approximate surface area is 255 Å². The summed E-state index contributed by atoms with van der Waals surface area (Å²) in [4.78, 5) is 24.4. The molecule has 2 aromatic heterocycles. The lowest BCUT2D eigenvalue weighted by molar-refractivity contribution is 0.0694. The van der Waals surface area contributed by atoms with E-state index in [1.165, 1.54) is 0 Å². The quantitative estimate of drug-likeness (QED) is 0.182. The highest BCUT2D eigenvalue weighted by atomic mass is 35.5. The van der Waals surface area contributed by atoms with E-state index >= 15 is 0 Å². The summed E-state index contributed by atoms with van der Waals surface area (Å²) >= 11 is 6.16. The van der Waals surface area contributed by atoms with Crippen LogP contribution in [0.3, 0.4) is 0 Å². The molecule has 220 valence electrons. The molecule has 9 heteroatoms. The van der Waals surface area contributed by atoms with Crippen LogP contribution in [-0.4, -0.2) is 58.2 Å². The predicted molar refractivity (Wildman–Crippen MR) is 170 cm³/mol. The zero-order valence-electron chi connectivity index (χ0n) is 24.1. The van der Waals surface area contributed by atoms with E-state index in [9.17, 15) is 9.90 Å². The summed E-state index contributed by atoms with van der Waals surface area (Å²) in [5, 5.41) is 11.5. The van der Waals surface area contributed by atoms with Crippen LogP contribution >= 0.6 is 11.6 Å². The smallest absolute Gasteiger partial charge is 0.339 e. The average Bonchev–Trinajstić information content (AvgIpc) is 3.46. The number of piperazine rings is 1. The zero-order valence-corrected chi connectivity index (χ0v) is 24.8. The minimum absolute atomic E-state index is 0.0304. The monoisotopic (exact) mass is 596 g/mol. The van der Waals surface area contributed by atoms with Crippen LogP contribution in [0, 0.1) is 0 Å². The van der Waals surface area contributed by atoms with E-state index in [0.717, 1.165) is 66.0 Å². The number of aromatic carboxylic acids is 1. The number of aromatic amines is 1. The Balaban J connectivity index is 1.17. The molecule has 1 aliphatic rings. The van der Waals surface area contributed by atoms with Gasteiger partial charge in [-0.1, -0.05) is 23.7 Å². The third kappa shape index (κ3) is 6.61. The molecular weight excluding hydrogens is 564 g/mol. The van der Waals surface area contributed by atoms with Gasteiger partial charge in [0.05, 0.1) is 6.10 Å². The van der Waals surface area contributed by atoms with Crippen molar-refractivity contribution >= 4 is 34.2 Å². The number of nitrogens with one attached hydrogen (secondary N) is 1. The molecule has 3 heterocycles. The number of halogens is 1. The predicted octanol–water partition coefficient (Wildman–Crippen LogP) is 7.48. The molecule has 3 aromatic carbocycles. The first-order chi connectivity index (χ1) is 20.8. The van der Waals surface area contributed by atoms with Crippen molar-refractivity contribution in [1.29, 1.82) is 0 Å². The number of rotatable bonds is 9. The molecule has 1 saturated heterocycles. The van der Waals surface area contributed by atoms with Crippen LogP contribution < -0.4 is 14.4 Å². The highest BCUT2D eigenvalue weighted by Gasteiger charge is 2.22. The number of hydrogen-bond donors (Lipinski definition) is 2. The largest absolute Gasteiger partial charge is 0.478 e. The fraction of sp³-hybridized carbons (Fsp3) is 0.235. The molecule has 0 radical (unpaired) electrons. The van der Waals surface area contributed by atoms with Gasteiger partial charge in [0.1, 0.15) is 17.1 Å². The molecule has 0 aliphatic carbocycles. The number of carboxylic acid groups (broad SMARTS) is 1. The van der Waals surface area contributed by atoms with Crippen molar-refractivity contribution in [3.8, 4) is 28.5 Å². The molecule has 0 unspecified atom stereocenters. The molecule has 1 aliphatic heterocycles. The van der Waals surface area contributed by atoms with Crippen molar-refractivity contribution in [2.24, 2.45) is 0 Å². The molecule has 0 amide bonds. The molecule has 5 aromatic rings. The topological polar surface area (TPSA) is 90.9 Å². The molecule has 6 rings (SSSR count). The first kappa shape index (κ1) is 28.6. The molecule has 0 saturated carbocycles. The van der Waals surface area contributed by atoms with Crippen molar-refractivity contribution in [3.63, 3.8) is 0 Å². The van der Waals surface area contributed by atoms with Gasteiger partial charge in [-0.3, -0.25) is 4.90 Å². The first-order valence-electron chi connectivity index (χ1n) is 14.3. The number of anilines is 1. The summed E-state index contributed by atoms with van der Waals surface area (Å²) in [6.07, 6.45) is 3.80. The Hall–Kier alpha value is -4.53. The standard InChI is InChI=1S/C34H33ClN4O4/c1-22(2)42-33-19-30(23-3-5-26(35)6-4-23)25(20-37-33)21-38-13-15-39(16-14-38)27-7-9-29(34(40)41)32(18-27)43-28-8-10-31-24(17-28)11-12-36-31/h3-12,17-20,22,36H,13-16,21H2,1-2H3,(H,40,41). The lowest BCUT2D eigenvalue weighted by atomic mass is 10.0. The van der Waals surface area contributed by atoms with Crippen LogP contribution in [0.15, 0.2) is 85.2 Å². The molecule has 0 bridgehead atoms. The van der Waals surface area contributed by atoms with Crippen molar-refractivity contribution in [2.45, 2.75) is 26.5 Å². The van der Waals surface area contributed by atoms with Gasteiger partial charge in [-0.25, -0.2) is 9.78 Å². The van der Waals surface area contributed by atoms with Crippen LogP contribution in [0.25, 0.3) is 22.0 Å². The summed E-state index contributed by atoms with van der Waals surface area (Å²) in [5.41, 5.74) is 5.32. The third-order valence-corrected chi connectivity index (χ3v) is 7.80. The molecule has 0 spiro atoms. The zero-order chi connectivity index (χ0) is 29.9. The van der Waals surface area contributed by atoms with Gasteiger partial charge in [0.25, 0.3) is 0 Å². The SMILES string of the molecule is CC(C)Oc1cc(-c2ccc(Cl)cc2)c(CN2CCN(c3ccc(C(=O)O)c(Oc4ccc5[nH]ccc5c4)c3)CC2)cn1. The van der Waals surface area contributed by atoms with Crippen LogP contribution in [0.1, 0.15) is 29.8 Å². The molecule has 2 N–H and O–H groups in total. The third-order valence-electron chi connectivity index (χ3n) is 7.55. The van der Waals surface area contributed by atoms with E-state index in [1.54, 1.807) is 6.07 Å². The van der Waals surface area contributed by atoms with Gasteiger partial charge in [0, 0.05) is 78.9 Å². The number of carbonyl (C=O) groups is 1. The Morgan fingerprint density at radius 3 is 2.53 bits per heavy atom. The molecule has 8 nitrogen and oxygen atoms in total. The van der Waals surface area contributed by atoms with Gasteiger partial charge in [-0.05, 0) is 79.1 Å². The second kappa shape index (κ2) is 12.4. The lowest BCUT2D eigenvalue weighted by Crippen LogP contribution is -2.46. The van der Waals surface area contributed by atoms with Gasteiger partial charge in [0.2, 0.25) is 5.88 Å². The normalized spacial score (nSPS) is 13.9. The lowest BCUT2D eigenvalue weighted by Gasteiger charge is -2.36. The summed E-state index contributed by atoms with van der Waals surface area (Å²) in [7, 11) is 0. The number of ether oxygens (including phenoxy) is 2. The maximum Gasteiger partial charge on any atom is 0.339 e. The van der Waals surface area contributed by atoms with Gasteiger partial charge in [-0.2, -0.15) is 0 Å². The Morgan fingerprint density at radius 2 is 1.79 bits per heavy atom. The van der Waals surface area contributed by atoms with Crippen LogP contribution in [0.4, 0.5) is 5.69 Å². The molecule has 1 fully saturated rings.